The van der Waals surface area contributed by atoms with E-state index < -0.39 is 17.6 Å². The van der Waals surface area contributed by atoms with Crippen LogP contribution in [0.25, 0.3) is 11.1 Å². The molecule has 0 N–H and O–H groups in total. The van der Waals surface area contributed by atoms with Crippen molar-refractivity contribution >= 4 is 28.7 Å². The van der Waals surface area contributed by atoms with Crippen LogP contribution >= 0.6 is 0 Å². The predicted octanol–water partition coefficient (Wildman–Crippen LogP) is 2.55. The van der Waals surface area contributed by atoms with Gasteiger partial charge in [-0.15, -0.1) is 0 Å². The smallest absolute Gasteiger partial charge is 0.361 e. The lowest BCUT2D eigenvalue weighted by Gasteiger charge is -2.33. The van der Waals surface area contributed by atoms with Crippen LogP contribution in [-0.4, -0.2) is 46.3 Å². The lowest BCUT2D eigenvalue weighted by Crippen LogP contribution is -2.44. The van der Waals surface area contributed by atoms with Crippen LogP contribution in [-0.2, 0) is 9.53 Å². The number of ether oxygens (including phenoxy) is 2. The molecule has 0 saturated heterocycles. The zero-order chi connectivity index (χ0) is 23.0. The van der Waals surface area contributed by atoms with Crippen LogP contribution in [0.3, 0.4) is 0 Å². The largest absolute Gasteiger partial charge is 0.490 e. The molecule has 0 bridgehead atoms. The number of aryl methyl sites for hydroxylation is 2. The molecular formula is C22H24N4O6. The van der Waals surface area contributed by atoms with Gasteiger partial charge in [0.25, 0.3) is 11.3 Å². The number of carbonyl (C=O) groups excluding carboxylic acids is 2. The molecule has 1 aliphatic heterocycles. The Morgan fingerprint density at radius 1 is 1.25 bits per heavy atom. The van der Waals surface area contributed by atoms with Crippen molar-refractivity contribution in [2.75, 3.05) is 24.7 Å². The van der Waals surface area contributed by atoms with Crippen LogP contribution in [0, 0.1) is 13.8 Å². The predicted molar refractivity (Wildman–Crippen MR) is 115 cm³/mol. The molecule has 32 heavy (non-hydrogen) atoms. The molecule has 2 aromatic heterocycles. The van der Waals surface area contributed by atoms with Crippen LogP contribution in [0.5, 0.6) is 5.75 Å². The van der Waals surface area contributed by atoms with Crippen molar-refractivity contribution in [3.8, 4) is 5.75 Å². The summed E-state index contributed by atoms with van der Waals surface area (Å²) in [7, 11) is 0. The van der Waals surface area contributed by atoms with Crippen LogP contribution in [0.4, 0.5) is 5.69 Å². The number of hydrogen-bond acceptors (Lipinski definition) is 8. The molecule has 4 rings (SSSR count). The summed E-state index contributed by atoms with van der Waals surface area (Å²) in [5.41, 5.74) is 0.760. The van der Waals surface area contributed by atoms with Crippen molar-refractivity contribution in [1.29, 1.82) is 0 Å². The number of carbonyl (C=O) groups is 2. The van der Waals surface area contributed by atoms with Crippen molar-refractivity contribution in [2.24, 2.45) is 0 Å². The highest BCUT2D eigenvalue weighted by molar-refractivity contribution is 6.00. The van der Waals surface area contributed by atoms with E-state index in [1.165, 1.54) is 4.57 Å². The Hall–Kier alpha value is -3.69. The van der Waals surface area contributed by atoms with E-state index in [1.54, 1.807) is 18.7 Å². The van der Waals surface area contributed by atoms with Crippen molar-refractivity contribution in [3.05, 3.63) is 45.6 Å². The van der Waals surface area contributed by atoms with Gasteiger partial charge in [-0.25, -0.2) is 4.79 Å². The Labute approximate surface area is 183 Å². The Kier molecular flexibility index (Phi) is 5.68. The van der Waals surface area contributed by atoms with E-state index in [2.05, 4.69) is 10.1 Å². The minimum absolute atomic E-state index is 0.0681. The quantitative estimate of drug-likeness (QED) is 0.556. The summed E-state index contributed by atoms with van der Waals surface area (Å²) in [5, 5.41) is 3.58. The molecule has 1 unspecified atom stereocenters. The average Bonchev–Trinajstić information content (AvgIpc) is 3.20. The first-order valence-electron chi connectivity index (χ1n) is 10.5. The summed E-state index contributed by atoms with van der Waals surface area (Å²) in [4.78, 5) is 45.3. The minimum Gasteiger partial charge on any atom is -0.490 e. The van der Waals surface area contributed by atoms with E-state index in [0.717, 1.165) is 5.56 Å². The van der Waals surface area contributed by atoms with Gasteiger partial charge in [0.1, 0.15) is 29.6 Å². The fraction of sp³-hybridized carbons (Fsp3) is 0.409. The molecule has 0 saturated carbocycles. The zero-order valence-electron chi connectivity index (χ0n) is 18.4. The number of benzene rings is 1. The Balaban J connectivity index is 1.82. The summed E-state index contributed by atoms with van der Waals surface area (Å²) >= 11 is 0. The van der Waals surface area contributed by atoms with Crippen molar-refractivity contribution < 1.29 is 23.6 Å². The minimum atomic E-state index is -0.837. The number of fused-ring (bicyclic) bond motifs is 2. The third kappa shape index (κ3) is 3.51. The first-order chi connectivity index (χ1) is 15.4. The number of nitrogens with zero attached hydrogens (tertiary/aromatic N) is 4. The van der Waals surface area contributed by atoms with E-state index in [0.29, 0.717) is 31.0 Å². The zero-order valence-corrected chi connectivity index (χ0v) is 18.4. The Morgan fingerprint density at radius 2 is 2.03 bits per heavy atom. The molecular weight excluding hydrogens is 416 g/mol. The van der Waals surface area contributed by atoms with Crippen LogP contribution in [0.2, 0.25) is 0 Å². The number of amides is 1. The summed E-state index contributed by atoms with van der Waals surface area (Å²) < 4.78 is 17.1. The Bertz CT molecular complexity index is 1260. The van der Waals surface area contributed by atoms with Gasteiger partial charge in [0.15, 0.2) is 0 Å². The van der Waals surface area contributed by atoms with Gasteiger partial charge in [-0.1, -0.05) is 18.1 Å². The van der Waals surface area contributed by atoms with Gasteiger partial charge in [0, 0.05) is 0 Å². The van der Waals surface area contributed by atoms with Gasteiger partial charge < -0.3 is 18.9 Å². The third-order valence-electron chi connectivity index (χ3n) is 5.41. The standard InChI is InChI=1S/C22H24N4O6/c1-5-14(20(27)25-9-10-31-16-8-7-12(3)11-15(16)25)26-13(4)23-19-17(21(26)28)18(24-32-19)22(29)30-6-2/h7-8,11,14H,5-6,9-10H2,1-4H3. The maximum atomic E-state index is 13.7. The lowest BCUT2D eigenvalue weighted by molar-refractivity contribution is -0.122. The Morgan fingerprint density at radius 3 is 2.75 bits per heavy atom. The van der Waals surface area contributed by atoms with Crippen molar-refractivity contribution in [2.45, 2.75) is 40.2 Å². The molecule has 1 atom stereocenters. The molecule has 1 aromatic carbocycles. The summed E-state index contributed by atoms with van der Waals surface area (Å²) in [6, 6.07) is 4.80. The molecule has 0 fully saturated rings. The first kappa shape index (κ1) is 21.5. The van der Waals surface area contributed by atoms with Gasteiger partial charge in [-0.05, 0) is 44.9 Å². The monoisotopic (exact) mass is 440 g/mol. The van der Waals surface area contributed by atoms with E-state index in [4.69, 9.17) is 14.0 Å². The molecule has 168 valence electrons. The molecule has 10 nitrogen and oxygen atoms in total. The molecule has 1 aliphatic rings. The summed E-state index contributed by atoms with van der Waals surface area (Å²) in [6.07, 6.45) is 0.339. The number of aromatic nitrogens is 3. The molecule has 1 amide bonds. The first-order valence-corrected chi connectivity index (χ1v) is 10.5. The second kappa shape index (κ2) is 8.45. The van der Waals surface area contributed by atoms with E-state index in [1.807, 2.05) is 32.0 Å². The average molecular weight is 440 g/mol. The van der Waals surface area contributed by atoms with Gasteiger partial charge in [0.2, 0.25) is 11.6 Å². The van der Waals surface area contributed by atoms with Crippen LogP contribution in [0.1, 0.15) is 48.2 Å². The molecule has 0 spiro atoms. The molecule has 0 radical (unpaired) electrons. The normalized spacial score (nSPS) is 14.1. The maximum Gasteiger partial charge on any atom is 0.361 e. The molecule has 0 aliphatic carbocycles. The number of esters is 1. The van der Waals surface area contributed by atoms with E-state index in [9.17, 15) is 14.4 Å². The van der Waals surface area contributed by atoms with Gasteiger partial charge in [-0.2, -0.15) is 4.98 Å². The third-order valence-corrected chi connectivity index (χ3v) is 5.41. The van der Waals surface area contributed by atoms with Crippen LogP contribution in [0.15, 0.2) is 27.5 Å². The fourth-order valence-electron chi connectivity index (χ4n) is 3.93. The SMILES string of the molecule is CCOC(=O)c1noc2nc(C)n(C(CC)C(=O)N3CCOc4ccc(C)cc43)c(=O)c12. The van der Waals surface area contributed by atoms with E-state index >= 15 is 0 Å². The lowest BCUT2D eigenvalue weighted by atomic mass is 10.1. The van der Waals surface area contributed by atoms with Gasteiger partial charge >= 0.3 is 5.97 Å². The van der Waals surface area contributed by atoms with Crippen LogP contribution < -0.4 is 15.2 Å². The second-order valence-corrected chi connectivity index (χ2v) is 7.50. The number of anilines is 1. The highest BCUT2D eigenvalue weighted by atomic mass is 16.5. The molecule has 10 heteroatoms. The van der Waals surface area contributed by atoms with Gasteiger partial charge in [-0.3, -0.25) is 14.2 Å². The topological polar surface area (TPSA) is 117 Å². The van der Waals surface area contributed by atoms with E-state index in [-0.39, 0.29) is 35.1 Å². The highest BCUT2D eigenvalue weighted by Crippen LogP contribution is 2.34. The summed E-state index contributed by atoms with van der Waals surface area (Å²) in [5.74, 6) is -0.140. The molecule has 3 heterocycles. The fourth-order valence-corrected chi connectivity index (χ4v) is 3.93. The van der Waals surface area contributed by atoms with Crippen molar-refractivity contribution in [1.82, 2.24) is 14.7 Å². The molecule has 3 aromatic rings. The van der Waals surface area contributed by atoms with Crippen molar-refractivity contribution in [3.63, 3.8) is 0 Å². The summed E-state index contributed by atoms with van der Waals surface area (Å²) in [6.45, 7) is 7.83. The highest BCUT2D eigenvalue weighted by Gasteiger charge is 2.33. The number of rotatable bonds is 5. The van der Waals surface area contributed by atoms with Gasteiger partial charge in [0.05, 0.1) is 18.8 Å². The maximum absolute atomic E-state index is 13.7. The number of hydrogen-bond donors (Lipinski definition) is 0. The second-order valence-electron chi connectivity index (χ2n) is 7.50.